The standard InChI is InChI=1S/C13H13Br2N3O/c1-9(8-18-6-2-5-16-18)17-13(19)11-7-10(14)3-4-12(11)15/h2-7,9H,8H2,1H3,(H,17,19). The summed E-state index contributed by atoms with van der Waals surface area (Å²) in [6.45, 7) is 2.59. The van der Waals surface area contributed by atoms with Crippen molar-refractivity contribution in [1.29, 1.82) is 0 Å². The van der Waals surface area contributed by atoms with Gasteiger partial charge in [0, 0.05) is 27.4 Å². The molecule has 0 aliphatic carbocycles. The third-order valence-corrected chi connectivity index (χ3v) is 3.76. The summed E-state index contributed by atoms with van der Waals surface area (Å²) in [6, 6.07) is 7.38. The summed E-state index contributed by atoms with van der Waals surface area (Å²) in [5.41, 5.74) is 0.613. The molecule has 0 aliphatic heterocycles. The fourth-order valence-corrected chi connectivity index (χ4v) is 2.50. The Kier molecular flexibility index (Phi) is 4.76. The first-order valence-corrected chi connectivity index (χ1v) is 7.38. The van der Waals surface area contributed by atoms with E-state index in [9.17, 15) is 4.79 Å². The van der Waals surface area contributed by atoms with Crippen LogP contribution in [-0.4, -0.2) is 21.7 Å². The van der Waals surface area contributed by atoms with Crippen LogP contribution >= 0.6 is 31.9 Å². The molecule has 0 aliphatic rings. The van der Waals surface area contributed by atoms with Crippen LogP contribution in [-0.2, 0) is 6.54 Å². The van der Waals surface area contributed by atoms with E-state index >= 15 is 0 Å². The van der Waals surface area contributed by atoms with E-state index in [-0.39, 0.29) is 11.9 Å². The molecule has 1 N–H and O–H groups in total. The summed E-state index contributed by atoms with van der Waals surface area (Å²) in [5.74, 6) is -0.104. The van der Waals surface area contributed by atoms with Gasteiger partial charge in [-0.1, -0.05) is 15.9 Å². The van der Waals surface area contributed by atoms with Crippen molar-refractivity contribution in [3.8, 4) is 0 Å². The zero-order chi connectivity index (χ0) is 13.8. The Morgan fingerprint density at radius 1 is 1.47 bits per heavy atom. The lowest BCUT2D eigenvalue weighted by atomic mass is 10.2. The zero-order valence-corrected chi connectivity index (χ0v) is 13.5. The first-order valence-electron chi connectivity index (χ1n) is 5.79. The molecule has 19 heavy (non-hydrogen) atoms. The van der Waals surface area contributed by atoms with Crippen LogP contribution in [0.3, 0.4) is 0 Å². The maximum absolute atomic E-state index is 12.2. The van der Waals surface area contributed by atoms with E-state index in [1.807, 2.05) is 31.3 Å². The van der Waals surface area contributed by atoms with Gasteiger partial charge in [0.15, 0.2) is 0 Å². The molecule has 2 aromatic rings. The van der Waals surface area contributed by atoms with Crippen LogP contribution in [0.15, 0.2) is 45.6 Å². The van der Waals surface area contributed by atoms with Crippen LogP contribution in [0.5, 0.6) is 0 Å². The van der Waals surface area contributed by atoms with Gasteiger partial charge in [-0.15, -0.1) is 0 Å². The van der Waals surface area contributed by atoms with Gasteiger partial charge >= 0.3 is 0 Å². The molecular formula is C13H13Br2N3O. The Morgan fingerprint density at radius 3 is 2.95 bits per heavy atom. The van der Waals surface area contributed by atoms with E-state index in [1.165, 1.54) is 0 Å². The molecule has 0 saturated carbocycles. The van der Waals surface area contributed by atoms with Crippen molar-refractivity contribution >= 4 is 37.8 Å². The molecule has 0 radical (unpaired) electrons. The summed E-state index contributed by atoms with van der Waals surface area (Å²) < 4.78 is 3.45. The molecule has 6 heteroatoms. The van der Waals surface area contributed by atoms with Gasteiger partial charge in [0.05, 0.1) is 12.1 Å². The van der Waals surface area contributed by atoms with E-state index < -0.39 is 0 Å². The Balaban J connectivity index is 2.02. The van der Waals surface area contributed by atoms with Crippen molar-refractivity contribution in [3.63, 3.8) is 0 Å². The van der Waals surface area contributed by atoms with Crippen molar-refractivity contribution < 1.29 is 4.79 Å². The lowest BCUT2D eigenvalue weighted by Gasteiger charge is -2.14. The molecular weight excluding hydrogens is 374 g/mol. The van der Waals surface area contributed by atoms with Gasteiger partial charge in [-0.05, 0) is 47.1 Å². The Morgan fingerprint density at radius 2 is 2.26 bits per heavy atom. The monoisotopic (exact) mass is 385 g/mol. The van der Waals surface area contributed by atoms with E-state index in [2.05, 4.69) is 42.3 Å². The SMILES string of the molecule is CC(Cn1cccn1)NC(=O)c1cc(Br)ccc1Br. The highest BCUT2D eigenvalue weighted by Gasteiger charge is 2.13. The Labute approximate surface area is 128 Å². The van der Waals surface area contributed by atoms with Crippen molar-refractivity contribution in [3.05, 3.63) is 51.2 Å². The summed E-state index contributed by atoms with van der Waals surface area (Å²) >= 11 is 6.75. The van der Waals surface area contributed by atoms with Gasteiger partial charge in [0.1, 0.15) is 0 Å². The quantitative estimate of drug-likeness (QED) is 0.876. The molecule has 100 valence electrons. The van der Waals surface area contributed by atoms with Gasteiger partial charge < -0.3 is 5.32 Å². The highest BCUT2D eigenvalue weighted by molar-refractivity contribution is 9.11. The fraction of sp³-hybridized carbons (Fsp3) is 0.231. The van der Waals surface area contributed by atoms with Crippen LogP contribution in [0.4, 0.5) is 0 Å². The second-order valence-electron chi connectivity index (χ2n) is 4.23. The van der Waals surface area contributed by atoms with Gasteiger partial charge in [-0.25, -0.2) is 0 Å². The maximum Gasteiger partial charge on any atom is 0.252 e. The predicted molar refractivity (Wildman–Crippen MR) is 81.0 cm³/mol. The van der Waals surface area contributed by atoms with Crippen LogP contribution in [0, 0.1) is 0 Å². The summed E-state index contributed by atoms with van der Waals surface area (Å²) in [6.07, 6.45) is 3.59. The number of aromatic nitrogens is 2. The number of hydrogen-bond donors (Lipinski definition) is 1. The highest BCUT2D eigenvalue weighted by Crippen LogP contribution is 2.21. The Hall–Kier alpha value is -1.14. The second kappa shape index (κ2) is 6.34. The molecule has 0 spiro atoms. The lowest BCUT2D eigenvalue weighted by molar-refractivity contribution is 0.0935. The average Bonchev–Trinajstić information content (AvgIpc) is 2.84. The number of carbonyl (C=O) groups excluding carboxylic acids is 1. The van der Waals surface area contributed by atoms with Gasteiger partial charge in [0.25, 0.3) is 5.91 Å². The van der Waals surface area contributed by atoms with Crippen LogP contribution < -0.4 is 5.32 Å². The van der Waals surface area contributed by atoms with E-state index in [0.29, 0.717) is 12.1 Å². The minimum absolute atomic E-state index is 0.00159. The minimum Gasteiger partial charge on any atom is -0.348 e. The average molecular weight is 387 g/mol. The van der Waals surface area contributed by atoms with E-state index in [1.54, 1.807) is 16.9 Å². The number of benzene rings is 1. The minimum atomic E-state index is -0.104. The molecule has 1 atom stereocenters. The van der Waals surface area contributed by atoms with E-state index in [0.717, 1.165) is 8.95 Å². The number of carbonyl (C=O) groups is 1. The third-order valence-electron chi connectivity index (χ3n) is 2.57. The smallest absolute Gasteiger partial charge is 0.252 e. The molecule has 1 unspecified atom stereocenters. The number of hydrogen-bond acceptors (Lipinski definition) is 2. The normalized spacial score (nSPS) is 12.2. The summed E-state index contributed by atoms with van der Waals surface area (Å²) in [5, 5.41) is 7.07. The number of nitrogens with zero attached hydrogens (tertiary/aromatic N) is 2. The topological polar surface area (TPSA) is 46.9 Å². The first kappa shape index (κ1) is 14.3. The molecule has 1 aromatic heterocycles. The lowest BCUT2D eigenvalue weighted by Crippen LogP contribution is -2.36. The highest BCUT2D eigenvalue weighted by atomic mass is 79.9. The molecule has 0 saturated heterocycles. The van der Waals surface area contributed by atoms with Crippen molar-refractivity contribution in [2.75, 3.05) is 0 Å². The summed E-state index contributed by atoms with van der Waals surface area (Å²) in [7, 11) is 0. The predicted octanol–water partition coefficient (Wildman–Crippen LogP) is 3.23. The first-order chi connectivity index (χ1) is 9.06. The number of rotatable bonds is 4. The molecule has 0 fully saturated rings. The van der Waals surface area contributed by atoms with Crippen molar-refractivity contribution in [1.82, 2.24) is 15.1 Å². The molecule has 4 nitrogen and oxygen atoms in total. The zero-order valence-electron chi connectivity index (χ0n) is 10.3. The number of nitrogens with one attached hydrogen (secondary N) is 1. The van der Waals surface area contributed by atoms with Crippen LogP contribution in [0.25, 0.3) is 0 Å². The molecule has 2 rings (SSSR count). The summed E-state index contributed by atoms with van der Waals surface area (Å²) in [4.78, 5) is 12.2. The largest absolute Gasteiger partial charge is 0.348 e. The molecule has 0 bridgehead atoms. The Bertz CT molecular complexity index is 569. The van der Waals surface area contributed by atoms with Crippen LogP contribution in [0.2, 0.25) is 0 Å². The van der Waals surface area contributed by atoms with Gasteiger partial charge in [0.2, 0.25) is 0 Å². The molecule has 1 heterocycles. The van der Waals surface area contributed by atoms with Crippen LogP contribution in [0.1, 0.15) is 17.3 Å². The number of halogens is 2. The van der Waals surface area contributed by atoms with Gasteiger partial charge in [-0.2, -0.15) is 5.10 Å². The maximum atomic E-state index is 12.2. The van der Waals surface area contributed by atoms with Crippen molar-refractivity contribution in [2.24, 2.45) is 0 Å². The fourth-order valence-electron chi connectivity index (χ4n) is 1.71. The molecule has 1 aromatic carbocycles. The van der Waals surface area contributed by atoms with Crippen molar-refractivity contribution in [2.45, 2.75) is 19.5 Å². The second-order valence-corrected chi connectivity index (χ2v) is 6.00. The van der Waals surface area contributed by atoms with E-state index in [4.69, 9.17) is 0 Å². The van der Waals surface area contributed by atoms with Gasteiger partial charge in [-0.3, -0.25) is 9.48 Å². The number of amides is 1. The third kappa shape index (κ3) is 3.91. The molecule has 1 amide bonds.